The number of sulfone groups is 1. The summed E-state index contributed by atoms with van der Waals surface area (Å²) in [6, 6.07) is 7.35. The molecule has 160 valence electrons. The van der Waals surface area contributed by atoms with Crippen molar-refractivity contribution in [3.8, 4) is 5.75 Å². The van der Waals surface area contributed by atoms with Crippen molar-refractivity contribution >= 4 is 27.7 Å². The van der Waals surface area contributed by atoms with E-state index >= 15 is 4.39 Å². The van der Waals surface area contributed by atoms with E-state index in [4.69, 9.17) is 26.3 Å². The minimum Gasteiger partial charge on any atom is -0.490 e. The molecule has 30 heavy (non-hydrogen) atoms. The van der Waals surface area contributed by atoms with Crippen LogP contribution in [0.15, 0.2) is 46.4 Å². The van der Waals surface area contributed by atoms with E-state index in [0.717, 1.165) is 12.1 Å². The molecule has 2 aliphatic rings. The maximum absolute atomic E-state index is 15.1. The Morgan fingerprint density at radius 3 is 2.60 bits per heavy atom. The predicted molar refractivity (Wildman–Crippen MR) is 105 cm³/mol. The largest absolute Gasteiger partial charge is 0.490 e. The van der Waals surface area contributed by atoms with Gasteiger partial charge in [0.2, 0.25) is 0 Å². The zero-order valence-corrected chi connectivity index (χ0v) is 17.2. The standard InChI is InChI=1S/C20H18ClF2NO5S/c21-12-1-3-13(4-2-12)30(26,27)20-8-10-28-17(7-9-24-25)14(20)11-29-19-16(23)6-5-15(22)18(19)20/h1-6,9,14,17,25H,7-8,10-11H2/b24-9+/t14-,17-,20-/m0/s1. The van der Waals surface area contributed by atoms with Gasteiger partial charge in [-0.15, -0.1) is 5.16 Å². The molecule has 0 amide bonds. The third kappa shape index (κ3) is 3.07. The Bertz CT molecular complexity index is 1090. The van der Waals surface area contributed by atoms with Gasteiger partial charge in [-0.3, -0.25) is 0 Å². The van der Waals surface area contributed by atoms with Gasteiger partial charge in [-0.2, -0.15) is 0 Å². The lowest BCUT2D eigenvalue weighted by Crippen LogP contribution is -2.57. The molecular weight excluding hydrogens is 440 g/mol. The van der Waals surface area contributed by atoms with Gasteiger partial charge in [0.05, 0.1) is 23.2 Å². The van der Waals surface area contributed by atoms with Gasteiger partial charge in [0.25, 0.3) is 0 Å². The summed E-state index contributed by atoms with van der Waals surface area (Å²) in [5, 5.41) is 12.1. The summed E-state index contributed by atoms with van der Waals surface area (Å²) >= 11 is 5.91. The highest BCUT2D eigenvalue weighted by molar-refractivity contribution is 7.92. The molecule has 2 heterocycles. The third-order valence-corrected chi connectivity index (χ3v) is 8.58. The SMILES string of the molecule is O=S(=O)(c1ccc(Cl)cc1)[C@@]12CCO[C@@H](C/C=N/O)[C@@H]1COc1c(F)ccc(F)c12. The molecular formula is C20H18ClF2NO5S. The van der Waals surface area contributed by atoms with Gasteiger partial charge in [0.15, 0.2) is 21.4 Å². The Morgan fingerprint density at radius 1 is 1.20 bits per heavy atom. The first-order chi connectivity index (χ1) is 14.3. The van der Waals surface area contributed by atoms with Gasteiger partial charge in [0, 0.05) is 30.2 Å². The summed E-state index contributed by atoms with van der Waals surface area (Å²) in [6.07, 6.45) is 0.418. The molecule has 2 aromatic rings. The Hall–Kier alpha value is -2.23. The number of oxime groups is 1. The van der Waals surface area contributed by atoms with E-state index in [9.17, 15) is 12.8 Å². The Balaban J connectivity index is 2.00. The average Bonchev–Trinajstić information content (AvgIpc) is 2.74. The number of ether oxygens (including phenoxy) is 2. The van der Waals surface area contributed by atoms with Crippen LogP contribution in [0.1, 0.15) is 18.4 Å². The van der Waals surface area contributed by atoms with Crippen molar-refractivity contribution in [3.63, 3.8) is 0 Å². The summed E-state index contributed by atoms with van der Waals surface area (Å²) < 4.78 is 67.0. The Kier molecular flexibility index (Phi) is 5.46. The zero-order chi connectivity index (χ0) is 21.5. The summed E-state index contributed by atoms with van der Waals surface area (Å²) in [5.41, 5.74) is -0.331. The van der Waals surface area contributed by atoms with Crippen LogP contribution >= 0.6 is 11.6 Å². The first-order valence-electron chi connectivity index (χ1n) is 9.22. The summed E-state index contributed by atoms with van der Waals surface area (Å²) in [5.74, 6) is -2.98. The van der Waals surface area contributed by atoms with Gasteiger partial charge < -0.3 is 14.7 Å². The predicted octanol–water partition coefficient (Wildman–Crippen LogP) is 3.94. The molecule has 0 aromatic heterocycles. The molecule has 1 N–H and O–H groups in total. The number of benzene rings is 2. The van der Waals surface area contributed by atoms with Crippen LogP contribution in [0.25, 0.3) is 0 Å². The number of rotatable bonds is 4. The number of hydrogen-bond donors (Lipinski definition) is 1. The van der Waals surface area contributed by atoms with E-state index in [0.29, 0.717) is 5.02 Å². The number of hydrogen-bond acceptors (Lipinski definition) is 6. The normalized spacial score (nSPS) is 26.1. The Morgan fingerprint density at radius 2 is 1.90 bits per heavy atom. The minimum atomic E-state index is -4.24. The first-order valence-corrected chi connectivity index (χ1v) is 11.1. The second-order valence-electron chi connectivity index (χ2n) is 7.19. The highest BCUT2D eigenvalue weighted by Gasteiger charge is 2.61. The second-order valence-corrected chi connectivity index (χ2v) is 9.83. The van der Waals surface area contributed by atoms with E-state index in [-0.39, 0.29) is 36.5 Å². The molecule has 4 rings (SSSR count). The maximum Gasteiger partial charge on any atom is 0.189 e. The van der Waals surface area contributed by atoms with Gasteiger partial charge in [-0.1, -0.05) is 11.6 Å². The molecule has 2 aliphatic heterocycles. The lowest BCUT2D eigenvalue weighted by Gasteiger charge is -2.49. The highest BCUT2D eigenvalue weighted by Crippen LogP contribution is 2.55. The van der Waals surface area contributed by atoms with Crippen LogP contribution in [-0.2, 0) is 19.3 Å². The van der Waals surface area contributed by atoms with Crippen molar-refractivity contribution in [2.45, 2.75) is 28.6 Å². The molecule has 0 bridgehead atoms. The maximum atomic E-state index is 15.1. The van der Waals surface area contributed by atoms with Crippen LogP contribution in [0.5, 0.6) is 5.75 Å². The fourth-order valence-electron chi connectivity index (χ4n) is 4.43. The van der Waals surface area contributed by atoms with E-state index in [1.807, 2.05) is 0 Å². The fourth-order valence-corrected chi connectivity index (χ4v) is 6.90. The minimum absolute atomic E-state index is 0.0113. The first kappa shape index (κ1) is 21.0. The average molecular weight is 458 g/mol. The van der Waals surface area contributed by atoms with E-state index < -0.39 is 44.0 Å². The van der Waals surface area contributed by atoms with Gasteiger partial charge in [0.1, 0.15) is 10.6 Å². The van der Waals surface area contributed by atoms with Crippen molar-refractivity contribution in [1.82, 2.24) is 0 Å². The topological polar surface area (TPSA) is 85.2 Å². The highest BCUT2D eigenvalue weighted by atomic mass is 35.5. The second kappa shape index (κ2) is 7.79. The molecule has 6 nitrogen and oxygen atoms in total. The number of fused-ring (bicyclic) bond motifs is 3. The van der Waals surface area contributed by atoms with Crippen molar-refractivity contribution in [2.24, 2.45) is 11.1 Å². The quantitative estimate of drug-likeness (QED) is 0.427. The molecule has 0 aliphatic carbocycles. The van der Waals surface area contributed by atoms with Crippen molar-refractivity contribution < 1.29 is 31.9 Å². The lowest BCUT2D eigenvalue weighted by molar-refractivity contribution is -0.0681. The molecule has 1 saturated heterocycles. The van der Waals surface area contributed by atoms with Crippen LogP contribution in [-0.4, -0.2) is 39.2 Å². The van der Waals surface area contributed by atoms with Crippen molar-refractivity contribution in [3.05, 3.63) is 58.6 Å². The van der Waals surface area contributed by atoms with Crippen LogP contribution in [0.2, 0.25) is 5.02 Å². The van der Waals surface area contributed by atoms with Gasteiger partial charge in [-0.25, -0.2) is 17.2 Å². The Labute approximate surface area is 177 Å². The molecule has 1 fully saturated rings. The molecule has 10 heteroatoms. The molecule has 0 unspecified atom stereocenters. The monoisotopic (exact) mass is 457 g/mol. The fraction of sp³-hybridized carbons (Fsp3) is 0.350. The van der Waals surface area contributed by atoms with Crippen molar-refractivity contribution in [2.75, 3.05) is 13.2 Å². The number of nitrogens with zero attached hydrogens (tertiary/aromatic N) is 1. The molecule has 3 atom stereocenters. The third-order valence-electron chi connectivity index (χ3n) is 5.77. The van der Waals surface area contributed by atoms with Crippen LogP contribution in [0, 0.1) is 17.6 Å². The van der Waals surface area contributed by atoms with Crippen LogP contribution < -0.4 is 4.74 Å². The van der Waals surface area contributed by atoms with E-state index in [1.54, 1.807) is 0 Å². The van der Waals surface area contributed by atoms with Crippen LogP contribution in [0.4, 0.5) is 8.78 Å². The summed E-state index contributed by atoms with van der Waals surface area (Å²) in [6.45, 7) is -0.215. The molecule has 0 spiro atoms. The molecule has 0 radical (unpaired) electrons. The van der Waals surface area contributed by atoms with Gasteiger partial charge >= 0.3 is 0 Å². The molecule has 0 saturated carbocycles. The zero-order valence-electron chi connectivity index (χ0n) is 15.6. The van der Waals surface area contributed by atoms with E-state index in [1.165, 1.54) is 30.5 Å². The number of halogens is 3. The summed E-state index contributed by atoms with van der Waals surface area (Å²) in [7, 11) is -4.24. The smallest absolute Gasteiger partial charge is 0.189 e. The van der Waals surface area contributed by atoms with Crippen molar-refractivity contribution in [1.29, 1.82) is 0 Å². The van der Waals surface area contributed by atoms with E-state index in [2.05, 4.69) is 5.16 Å². The summed E-state index contributed by atoms with van der Waals surface area (Å²) in [4.78, 5) is -0.0649. The lowest BCUT2D eigenvalue weighted by atomic mass is 9.75. The van der Waals surface area contributed by atoms with Gasteiger partial charge in [-0.05, 0) is 42.8 Å². The molecule has 2 aromatic carbocycles. The van der Waals surface area contributed by atoms with Crippen LogP contribution in [0.3, 0.4) is 0 Å².